The lowest BCUT2D eigenvalue weighted by Gasteiger charge is -2.36. The van der Waals surface area contributed by atoms with Gasteiger partial charge in [0.25, 0.3) is 0 Å². The van der Waals surface area contributed by atoms with Crippen LogP contribution in [0.1, 0.15) is 25.0 Å². The van der Waals surface area contributed by atoms with Gasteiger partial charge in [0.1, 0.15) is 17.5 Å². The van der Waals surface area contributed by atoms with Crippen LogP contribution in [-0.4, -0.2) is 65.2 Å². The third-order valence-electron chi connectivity index (χ3n) is 5.02. The number of carbonyl (C=O) groups is 1. The van der Waals surface area contributed by atoms with E-state index in [1.54, 1.807) is 43.2 Å². The molecule has 0 saturated carbocycles. The van der Waals surface area contributed by atoms with Crippen LogP contribution < -0.4 is 15.4 Å². The number of methoxy groups -OCH3 is 2. The zero-order valence-electron chi connectivity index (χ0n) is 17.3. The number of nitrogens with one attached hydrogen (secondary N) is 2. The fraction of sp³-hybridized carbons (Fsp3) is 0.550. The number of nitrogens with zero attached hydrogens (tertiary/aromatic N) is 3. The van der Waals surface area contributed by atoms with Gasteiger partial charge in [-0.15, -0.1) is 5.10 Å². The standard InChI is InChI=1S/C20H29N5O5/c1-28-13-15-11-25(24-23-15)10-9-17-7-8-18(19(12-26)30-17)22-20(27)21-14-3-5-16(29-2)6-4-14/h3-6,11,17-19,26H,7-10,12-13H2,1-2H3,(H2,21,22,27)/t17-,18+,19-/m0/s1. The molecule has 1 aliphatic heterocycles. The maximum atomic E-state index is 12.3. The fourth-order valence-corrected chi connectivity index (χ4v) is 3.46. The zero-order valence-corrected chi connectivity index (χ0v) is 17.3. The summed E-state index contributed by atoms with van der Waals surface area (Å²) >= 11 is 0. The van der Waals surface area contributed by atoms with Gasteiger partial charge in [-0.1, -0.05) is 5.21 Å². The second kappa shape index (κ2) is 10.9. The number of hydrogen-bond donors (Lipinski definition) is 3. The SMILES string of the molecule is COCc1cn(CC[C@@H]2CC[C@@H](NC(=O)Nc3ccc(OC)cc3)[C@H](CO)O2)nn1. The van der Waals surface area contributed by atoms with Gasteiger partial charge in [-0.2, -0.15) is 0 Å². The van der Waals surface area contributed by atoms with Crippen LogP contribution in [0.5, 0.6) is 5.75 Å². The van der Waals surface area contributed by atoms with Crippen molar-refractivity contribution >= 4 is 11.7 Å². The maximum Gasteiger partial charge on any atom is 0.319 e. The van der Waals surface area contributed by atoms with Gasteiger partial charge in [0.2, 0.25) is 0 Å². The Hall–Kier alpha value is -2.69. The topological polar surface area (TPSA) is 120 Å². The molecule has 0 radical (unpaired) electrons. The molecule has 10 heteroatoms. The van der Waals surface area contributed by atoms with Gasteiger partial charge < -0.3 is 30.0 Å². The van der Waals surface area contributed by atoms with Crippen LogP contribution >= 0.6 is 0 Å². The van der Waals surface area contributed by atoms with E-state index in [0.29, 0.717) is 24.6 Å². The van der Waals surface area contributed by atoms with Crippen molar-refractivity contribution in [3.05, 3.63) is 36.2 Å². The van der Waals surface area contributed by atoms with Crippen LogP contribution in [0.4, 0.5) is 10.5 Å². The molecule has 3 N–H and O–H groups in total. The van der Waals surface area contributed by atoms with Crippen molar-refractivity contribution in [3.63, 3.8) is 0 Å². The van der Waals surface area contributed by atoms with Gasteiger partial charge in [-0.3, -0.25) is 4.68 Å². The molecule has 1 aromatic heterocycles. The first-order valence-electron chi connectivity index (χ1n) is 9.97. The molecule has 10 nitrogen and oxygen atoms in total. The number of anilines is 1. The highest BCUT2D eigenvalue weighted by Gasteiger charge is 2.31. The lowest BCUT2D eigenvalue weighted by molar-refractivity contribution is -0.0905. The first-order valence-corrected chi connectivity index (χ1v) is 9.97. The van der Waals surface area contributed by atoms with Crippen LogP contribution in [0.25, 0.3) is 0 Å². The van der Waals surface area contributed by atoms with Crippen LogP contribution in [0, 0.1) is 0 Å². The van der Waals surface area contributed by atoms with Gasteiger partial charge in [0.15, 0.2) is 0 Å². The van der Waals surface area contributed by atoms with Gasteiger partial charge in [-0.05, 0) is 43.5 Å². The predicted octanol–water partition coefficient (Wildman–Crippen LogP) is 1.55. The van der Waals surface area contributed by atoms with Crippen molar-refractivity contribution < 1.29 is 24.1 Å². The largest absolute Gasteiger partial charge is 0.497 e. The number of aliphatic hydroxyl groups is 1. The van der Waals surface area contributed by atoms with Crippen molar-refractivity contribution in [2.45, 2.75) is 50.7 Å². The third kappa shape index (κ3) is 6.15. The van der Waals surface area contributed by atoms with E-state index >= 15 is 0 Å². The third-order valence-corrected chi connectivity index (χ3v) is 5.02. The molecule has 1 aliphatic rings. The molecule has 3 atom stereocenters. The second-order valence-corrected chi connectivity index (χ2v) is 7.18. The number of carbonyl (C=O) groups excluding carboxylic acids is 1. The molecule has 1 aromatic carbocycles. The zero-order chi connectivity index (χ0) is 21.3. The lowest BCUT2D eigenvalue weighted by atomic mass is 9.97. The summed E-state index contributed by atoms with van der Waals surface area (Å²) in [6.07, 6.45) is 3.63. The molecule has 0 unspecified atom stereocenters. The minimum atomic E-state index is -0.454. The molecule has 2 heterocycles. The minimum absolute atomic E-state index is 0.0140. The lowest BCUT2D eigenvalue weighted by Crippen LogP contribution is -2.52. The summed E-state index contributed by atoms with van der Waals surface area (Å²) in [7, 11) is 3.21. The Morgan fingerprint density at radius 2 is 2.10 bits per heavy atom. The van der Waals surface area contributed by atoms with Gasteiger partial charge in [0.05, 0.1) is 38.7 Å². The molecule has 1 fully saturated rings. The highest BCUT2D eigenvalue weighted by molar-refractivity contribution is 5.89. The number of hydrogen-bond acceptors (Lipinski definition) is 7. The van der Waals surface area contributed by atoms with E-state index in [4.69, 9.17) is 14.2 Å². The van der Waals surface area contributed by atoms with E-state index in [0.717, 1.165) is 25.0 Å². The molecule has 164 valence electrons. The first kappa shape index (κ1) is 22.0. The van der Waals surface area contributed by atoms with Gasteiger partial charge in [0, 0.05) is 19.3 Å². The summed E-state index contributed by atoms with van der Waals surface area (Å²) in [6.45, 7) is 0.930. The van der Waals surface area contributed by atoms with Crippen molar-refractivity contribution in [1.29, 1.82) is 0 Å². The summed E-state index contributed by atoms with van der Waals surface area (Å²) in [5.41, 5.74) is 1.44. The molecule has 2 aromatic rings. The summed E-state index contributed by atoms with van der Waals surface area (Å²) in [5.74, 6) is 0.717. The fourth-order valence-electron chi connectivity index (χ4n) is 3.46. The highest BCUT2D eigenvalue weighted by Crippen LogP contribution is 2.23. The summed E-state index contributed by atoms with van der Waals surface area (Å²) in [5, 5.41) is 23.5. The van der Waals surface area contributed by atoms with Crippen molar-refractivity contribution in [1.82, 2.24) is 20.3 Å². The Bertz CT molecular complexity index is 797. The Kier molecular flexibility index (Phi) is 8.00. The Labute approximate surface area is 175 Å². The second-order valence-electron chi connectivity index (χ2n) is 7.18. The number of aliphatic hydroxyl groups excluding tert-OH is 1. The average Bonchev–Trinajstić information content (AvgIpc) is 3.21. The summed E-state index contributed by atoms with van der Waals surface area (Å²) < 4.78 is 17.9. The molecule has 2 amide bonds. The normalized spacial score (nSPS) is 21.2. The first-order chi connectivity index (χ1) is 14.6. The predicted molar refractivity (Wildman–Crippen MR) is 109 cm³/mol. The smallest absolute Gasteiger partial charge is 0.319 e. The molecular formula is C20H29N5O5. The Balaban J connectivity index is 1.45. The van der Waals surface area contributed by atoms with E-state index in [-0.39, 0.29) is 24.8 Å². The van der Waals surface area contributed by atoms with Gasteiger partial charge >= 0.3 is 6.03 Å². The number of rotatable bonds is 9. The number of urea groups is 1. The minimum Gasteiger partial charge on any atom is -0.497 e. The Morgan fingerprint density at radius 1 is 1.30 bits per heavy atom. The van der Waals surface area contributed by atoms with Crippen molar-refractivity contribution in [2.75, 3.05) is 26.1 Å². The Morgan fingerprint density at radius 3 is 2.80 bits per heavy atom. The van der Waals surface area contributed by atoms with Crippen LogP contribution in [0.2, 0.25) is 0 Å². The molecule has 30 heavy (non-hydrogen) atoms. The van der Waals surface area contributed by atoms with Crippen LogP contribution in [-0.2, 0) is 22.6 Å². The molecule has 0 spiro atoms. The molecule has 0 bridgehead atoms. The van der Waals surface area contributed by atoms with Crippen molar-refractivity contribution in [2.24, 2.45) is 0 Å². The number of aromatic nitrogens is 3. The van der Waals surface area contributed by atoms with E-state index in [1.807, 2.05) is 6.20 Å². The van der Waals surface area contributed by atoms with Crippen LogP contribution in [0.15, 0.2) is 30.5 Å². The number of ether oxygens (including phenoxy) is 3. The molecule has 3 rings (SSSR count). The van der Waals surface area contributed by atoms with E-state index in [9.17, 15) is 9.90 Å². The van der Waals surface area contributed by atoms with E-state index < -0.39 is 6.10 Å². The van der Waals surface area contributed by atoms with Crippen LogP contribution in [0.3, 0.4) is 0 Å². The molecule has 0 aliphatic carbocycles. The summed E-state index contributed by atoms with van der Waals surface area (Å²) in [4.78, 5) is 12.3. The average molecular weight is 419 g/mol. The van der Waals surface area contributed by atoms with Crippen molar-refractivity contribution in [3.8, 4) is 5.75 Å². The highest BCUT2D eigenvalue weighted by atomic mass is 16.5. The van der Waals surface area contributed by atoms with E-state index in [2.05, 4.69) is 20.9 Å². The molecule has 1 saturated heterocycles. The van der Waals surface area contributed by atoms with E-state index in [1.165, 1.54) is 0 Å². The summed E-state index contributed by atoms with van der Waals surface area (Å²) in [6, 6.07) is 6.47. The number of aryl methyl sites for hydroxylation is 1. The quantitative estimate of drug-likeness (QED) is 0.564. The number of benzene rings is 1. The monoisotopic (exact) mass is 419 g/mol. The molecular weight excluding hydrogens is 390 g/mol. The van der Waals surface area contributed by atoms with Gasteiger partial charge in [-0.25, -0.2) is 4.79 Å². The number of amides is 2. The maximum absolute atomic E-state index is 12.3.